The van der Waals surface area contributed by atoms with Crippen LogP contribution in [-0.4, -0.2) is 54.0 Å². The minimum absolute atomic E-state index is 0. The molecule has 0 aromatic carbocycles. The van der Waals surface area contributed by atoms with Crippen LogP contribution in [0.4, 0.5) is 0 Å². The van der Waals surface area contributed by atoms with Gasteiger partial charge < -0.3 is 15.5 Å². The smallest absolute Gasteiger partial charge is 0.242 e. The summed E-state index contributed by atoms with van der Waals surface area (Å²) in [6, 6.07) is 0.918. The van der Waals surface area contributed by atoms with Crippen LogP contribution in [0.5, 0.6) is 0 Å². The van der Waals surface area contributed by atoms with E-state index in [2.05, 4.69) is 18.9 Å². The standard InChI is InChI=1S/C14H27N3O.2ClH/c1-11-10-12(6-9-16(11)2)17(3)13(18)14(15)7-4-5-8-14;;/h11-12H,4-10,15H2,1-3H3;2*1H. The normalized spacial score (nSPS) is 29.2. The zero-order chi connectivity index (χ0) is 13.3. The average Bonchev–Trinajstić information content (AvgIpc) is 2.79. The molecule has 2 fully saturated rings. The largest absolute Gasteiger partial charge is 0.341 e. The first-order valence-electron chi connectivity index (χ1n) is 7.20. The van der Waals surface area contributed by atoms with Gasteiger partial charge in [-0.25, -0.2) is 0 Å². The summed E-state index contributed by atoms with van der Waals surface area (Å²) in [5.41, 5.74) is 5.70. The van der Waals surface area contributed by atoms with Crippen molar-refractivity contribution >= 4 is 30.7 Å². The SMILES string of the molecule is CC1CC(N(C)C(=O)C2(N)CCCC2)CCN1C.Cl.Cl. The second-order valence-corrected chi connectivity index (χ2v) is 6.29. The molecule has 2 unspecified atom stereocenters. The number of carbonyl (C=O) groups excluding carboxylic acids is 1. The third-order valence-electron chi connectivity index (χ3n) is 4.97. The number of halogens is 2. The van der Waals surface area contributed by atoms with Crippen molar-refractivity contribution in [2.75, 3.05) is 20.6 Å². The molecular weight excluding hydrogens is 297 g/mol. The highest BCUT2D eigenvalue weighted by Gasteiger charge is 2.41. The van der Waals surface area contributed by atoms with Gasteiger partial charge in [0, 0.05) is 25.7 Å². The van der Waals surface area contributed by atoms with Crippen LogP contribution < -0.4 is 5.73 Å². The summed E-state index contributed by atoms with van der Waals surface area (Å²) in [6.45, 7) is 3.30. The summed E-state index contributed by atoms with van der Waals surface area (Å²) in [5.74, 6) is 0.168. The molecule has 1 saturated carbocycles. The Morgan fingerprint density at radius 2 is 1.85 bits per heavy atom. The topological polar surface area (TPSA) is 49.6 Å². The number of amides is 1. The van der Waals surface area contributed by atoms with Crippen molar-refractivity contribution in [3.8, 4) is 0 Å². The number of likely N-dealkylation sites (tertiary alicyclic amines) is 1. The third kappa shape index (κ3) is 4.00. The number of likely N-dealkylation sites (N-methyl/N-ethyl adjacent to an activating group) is 1. The lowest BCUT2D eigenvalue weighted by Crippen LogP contribution is -2.57. The molecule has 1 heterocycles. The molecule has 4 nitrogen and oxygen atoms in total. The highest BCUT2D eigenvalue weighted by Crippen LogP contribution is 2.30. The van der Waals surface area contributed by atoms with Crippen molar-refractivity contribution in [2.45, 2.75) is 63.1 Å². The highest BCUT2D eigenvalue weighted by molar-refractivity contribution is 5.86. The van der Waals surface area contributed by atoms with Crippen LogP contribution in [0, 0.1) is 0 Å². The van der Waals surface area contributed by atoms with E-state index >= 15 is 0 Å². The van der Waals surface area contributed by atoms with E-state index in [0.717, 1.165) is 45.1 Å². The fraction of sp³-hybridized carbons (Fsp3) is 0.929. The molecular formula is C14H29Cl2N3O. The number of nitrogens with two attached hydrogens (primary N) is 1. The lowest BCUT2D eigenvalue weighted by Gasteiger charge is -2.41. The summed E-state index contributed by atoms with van der Waals surface area (Å²) in [5, 5.41) is 0. The summed E-state index contributed by atoms with van der Waals surface area (Å²) in [4.78, 5) is 16.8. The number of nitrogens with zero attached hydrogens (tertiary/aromatic N) is 2. The first-order valence-corrected chi connectivity index (χ1v) is 7.20. The number of hydrogen-bond donors (Lipinski definition) is 1. The Morgan fingerprint density at radius 3 is 2.35 bits per heavy atom. The molecule has 6 heteroatoms. The molecule has 2 aliphatic rings. The highest BCUT2D eigenvalue weighted by atomic mass is 35.5. The first kappa shape index (κ1) is 20.0. The third-order valence-corrected chi connectivity index (χ3v) is 4.97. The predicted molar refractivity (Wildman–Crippen MR) is 87.8 cm³/mol. The maximum Gasteiger partial charge on any atom is 0.242 e. The zero-order valence-corrected chi connectivity index (χ0v) is 14.4. The van der Waals surface area contributed by atoms with Crippen molar-refractivity contribution in [1.29, 1.82) is 0 Å². The minimum Gasteiger partial charge on any atom is -0.341 e. The molecule has 0 bridgehead atoms. The predicted octanol–water partition coefficient (Wildman–Crippen LogP) is 2.04. The van der Waals surface area contributed by atoms with Crippen molar-refractivity contribution < 1.29 is 4.79 Å². The zero-order valence-electron chi connectivity index (χ0n) is 12.8. The molecule has 0 aromatic heterocycles. The lowest BCUT2D eigenvalue weighted by molar-refractivity contribution is -0.138. The van der Waals surface area contributed by atoms with Gasteiger partial charge in [0.1, 0.15) is 0 Å². The summed E-state index contributed by atoms with van der Waals surface area (Å²) in [6.07, 6.45) is 6.05. The number of piperidine rings is 1. The van der Waals surface area contributed by atoms with E-state index in [1.807, 2.05) is 11.9 Å². The molecule has 1 amide bonds. The van der Waals surface area contributed by atoms with Gasteiger partial charge in [0.25, 0.3) is 0 Å². The molecule has 2 rings (SSSR count). The molecule has 1 aliphatic carbocycles. The van der Waals surface area contributed by atoms with Crippen LogP contribution in [0.3, 0.4) is 0 Å². The van der Waals surface area contributed by atoms with Crippen molar-refractivity contribution in [3.63, 3.8) is 0 Å². The van der Waals surface area contributed by atoms with Crippen LogP contribution in [-0.2, 0) is 4.79 Å². The van der Waals surface area contributed by atoms with Gasteiger partial charge in [0.05, 0.1) is 5.54 Å². The molecule has 1 aliphatic heterocycles. The Hall–Kier alpha value is -0.0300. The van der Waals surface area contributed by atoms with Gasteiger partial charge in [0.15, 0.2) is 0 Å². The number of rotatable bonds is 2. The maximum absolute atomic E-state index is 12.5. The van der Waals surface area contributed by atoms with E-state index in [1.54, 1.807) is 0 Å². The Labute approximate surface area is 135 Å². The Morgan fingerprint density at radius 1 is 1.30 bits per heavy atom. The van der Waals surface area contributed by atoms with Crippen LogP contribution in [0.15, 0.2) is 0 Å². The molecule has 120 valence electrons. The number of carbonyl (C=O) groups is 1. The van der Waals surface area contributed by atoms with Crippen LogP contribution in [0.2, 0.25) is 0 Å². The van der Waals surface area contributed by atoms with Crippen molar-refractivity contribution in [3.05, 3.63) is 0 Å². The van der Waals surface area contributed by atoms with Gasteiger partial charge in [0.2, 0.25) is 5.91 Å². The van der Waals surface area contributed by atoms with E-state index in [0.29, 0.717) is 12.1 Å². The van der Waals surface area contributed by atoms with Crippen LogP contribution in [0.25, 0.3) is 0 Å². The first-order chi connectivity index (χ1) is 8.44. The fourth-order valence-electron chi connectivity index (χ4n) is 3.35. The quantitative estimate of drug-likeness (QED) is 0.845. The van der Waals surface area contributed by atoms with Crippen LogP contribution >= 0.6 is 24.8 Å². The second-order valence-electron chi connectivity index (χ2n) is 6.29. The Balaban J connectivity index is 0.00000180. The molecule has 2 atom stereocenters. The van der Waals surface area contributed by atoms with Crippen molar-refractivity contribution in [2.24, 2.45) is 5.73 Å². The Bertz CT molecular complexity index is 322. The van der Waals surface area contributed by atoms with Gasteiger partial charge in [-0.05, 0) is 39.7 Å². The fourth-order valence-corrected chi connectivity index (χ4v) is 3.35. The molecule has 20 heavy (non-hydrogen) atoms. The van der Waals surface area contributed by atoms with Gasteiger partial charge >= 0.3 is 0 Å². The van der Waals surface area contributed by atoms with Gasteiger partial charge in [-0.15, -0.1) is 24.8 Å². The molecule has 0 radical (unpaired) electrons. The molecule has 2 N–H and O–H groups in total. The molecule has 0 spiro atoms. The van der Waals surface area contributed by atoms with Crippen LogP contribution in [0.1, 0.15) is 45.4 Å². The monoisotopic (exact) mass is 325 g/mol. The second kappa shape index (κ2) is 7.83. The Kier molecular flexibility index (Phi) is 7.82. The van der Waals surface area contributed by atoms with Gasteiger partial charge in [-0.3, -0.25) is 4.79 Å². The van der Waals surface area contributed by atoms with Gasteiger partial charge in [-0.2, -0.15) is 0 Å². The van der Waals surface area contributed by atoms with Gasteiger partial charge in [-0.1, -0.05) is 12.8 Å². The number of hydrogen-bond acceptors (Lipinski definition) is 3. The lowest BCUT2D eigenvalue weighted by atomic mass is 9.93. The van der Waals surface area contributed by atoms with E-state index in [9.17, 15) is 4.79 Å². The van der Waals surface area contributed by atoms with E-state index < -0.39 is 5.54 Å². The molecule has 1 saturated heterocycles. The van der Waals surface area contributed by atoms with E-state index in [1.165, 1.54) is 0 Å². The minimum atomic E-state index is -0.568. The van der Waals surface area contributed by atoms with E-state index in [4.69, 9.17) is 5.73 Å². The summed E-state index contributed by atoms with van der Waals surface area (Å²) >= 11 is 0. The molecule has 0 aromatic rings. The average molecular weight is 326 g/mol. The maximum atomic E-state index is 12.5. The summed E-state index contributed by atoms with van der Waals surface area (Å²) < 4.78 is 0. The van der Waals surface area contributed by atoms with Crippen molar-refractivity contribution in [1.82, 2.24) is 9.80 Å². The summed E-state index contributed by atoms with van der Waals surface area (Å²) in [7, 11) is 4.10. The van der Waals surface area contributed by atoms with E-state index in [-0.39, 0.29) is 30.7 Å².